The first-order valence-corrected chi connectivity index (χ1v) is 8.58. The van der Waals surface area contributed by atoms with E-state index in [0.29, 0.717) is 42.4 Å². The monoisotopic (exact) mass is 389 g/mol. The highest BCUT2D eigenvalue weighted by molar-refractivity contribution is 6.31. The van der Waals surface area contributed by atoms with Gasteiger partial charge in [-0.15, -0.1) is 12.4 Å². The van der Waals surface area contributed by atoms with Gasteiger partial charge in [0.1, 0.15) is 11.8 Å². The molecule has 1 saturated heterocycles. The lowest BCUT2D eigenvalue weighted by Crippen LogP contribution is -2.46. The topological polar surface area (TPSA) is 84.7 Å². The standard InChI is InChI=1S/C17H24ClN3O3.ClH/c1-24-15-7-6-12(18)11-13(15)17(23)21-10-4-5-14(21)16(22)20-9-3-2-8-19;/h6-7,11,14H,2-5,8-10,19H2,1H3,(H,20,22);1H. The van der Waals surface area contributed by atoms with Crippen LogP contribution in [0, 0.1) is 0 Å². The number of unbranched alkanes of at least 4 members (excludes halogenated alkanes) is 1. The van der Waals surface area contributed by atoms with Gasteiger partial charge in [0.15, 0.2) is 0 Å². The zero-order valence-electron chi connectivity index (χ0n) is 14.3. The minimum atomic E-state index is -0.445. The maximum atomic E-state index is 12.9. The van der Waals surface area contributed by atoms with Gasteiger partial charge < -0.3 is 20.7 Å². The Morgan fingerprint density at radius 3 is 2.84 bits per heavy atom. The van der Waals surface area contributed by atoms with Crippen LogP contribution in [-0.4, -0.2) is 49.5 Å². The zero-order chi connectivity index (χ0) is 17.5. The van der Waals surface area contributed by atoms with Crippen molar-refractivity contribution in [3.05, 3.63) is 28.8 Å². The van der Waals surface area contributed by atoms with Crippen molar-refractivity contribution in [3.63, 3.8) is 0 Å². The van der Waals surface area contributed by atoms with E-state index >= 15 is 0 Å². The molecule has 140 valence electrons. The van der Waals surface area contributed by atoms with Crippen LogP contribution in [0.25, 0.3) is 0 Å². The van der Waals surface area contributed by atoms with Crippen molar-refractivity contribution in [1.29, 1.82) is 0 Å². The number of benzene rings is 1. The fraction of sp³-hybridized carbons (Fsp3) is 0.529. The Morgan fingerprint density at radius 2 is 2.16 bits per heavy atom. The van der Waals surface area contributed by atoms with Gasteiger partial charge in [0.25, 0.3) is 5.91 Å². The van der Waals surface area contributed by atoms with Gasteiger partial charge in [-0.1, -0.05) is 11.6 Å². The Hall–Kier alpha value is -1.50. The molecule has 2 amide bonds. The minimum Gasteiger partial charge on any atom is -0.496 e. The Kier molecular flexibility index (Phi) is 9.03. The molecular formula is C17H25Cl2N3O3. The molecule has 1 heterocycles. The lowest BCUT2D eigenvalue weighted by atomic mass is 10.1. The maximum absolute atomic E-state index is 12.9. The minimum absolute atomic E-state index is 0. The molecule has 25 heavy (non-hydrogen) atoms. The van der Waals surface area contributed by atoms with E-state index < -0.39 is 6.04 Å². The molecule has 8 heteroatoms. The lowest BCUT2D eigenvalue weighted by molar-refractivity contribution is -0.124. The highest BCUT2D eigenvalue weighted by Crippen LogP contribution is 2.27. The van der Waals surface area contributed by atoms with Crippen LogP contribution in [0.1, 0.15) is 36.0 Å². The summed E-state index contributed by atoms with van der Waals surface area (Å²) in [7, 11) is 1.51. The van der Waals surface area contributed by atoms with E-state index in [1.54, 1.807) is 23.1 Å². The average Bonchev–Trinajstić information content (AvgIpc) is 3.07. The molecule has 2 rings (SSSR count). The predicted molar refractivity (Wildman–Crippen MR) is 101 cm³/mol. The van der Waals surface area contributed by atoms with Gasteiger partial charge in [-0.2, -0.15) is 0 Å². The van der Waals surface area contributed by atoms with Crippen LogP contribution in [0.5, 0.6) is 5.75 Å². The van der Waals surface area contributed by atoms with Crippen LogP contribution in [0.2, 0.25) is 5.02 Å². The summed E-state index contributed by atoms with van der Waals surface area (Å²) < 4.78 is 5.25. The Morgan fingerprint density at radius 1 is 1.40 bits per heavy atom. The predicted octanol–water partition coefficient (Wildman–Crippen LogP) is 2.23. The summed E-state index contributed by atoms with van der Waals surface area (Å²) in [6.07, 6.45) is 3.17. The van der Waals surface area contributed by atoms with Crippen LogP contribution >= 0.6 is 24.0 Å². The number of rotatable bonds is 7. The van der Waals surface area contributed by atoms with Crippen molar-refractivity contribution in [2.45, 2.75) is 31.7 Å². The van der Waals surface area contributed by atoms with E-state index in [1.807, 2.05) is 0 Å². The third-order valence-corrected chi connectivity index (χ3v) is 4.37. The summed E-state index contributed by atoms with van der Waals surface area (Å²) in [6, 6.07) is 4.46. The summed E-state index contributed by atoms with van der Waals surface area (Å²) >= 11 is 6.01. The molecule has 0 aliphatic carbocycles. The molecule has 1 aliphatic rings. The number of ether oxygens (including phenoxy) is 1. The van der Waals surface area contributed by atoms with Gasteiger partial charge in [-0.25, -0.2) is 0 Å². The molecular weight excluding hydrogens is 365 g/mol. The average molecular weight is 390 g/mol. The molecule has 1 aromatic carbocycles. The smallest absolute Gasteiger partial charge is 0.258 e. The second kappa shape index (κ2) is 10.5. The van der Waals surface area contributed by atoms with Gasteiger partial charge in [-0.05, 0) is 50.4 Å². The number of nitrogens with zero attached hydrogens (tertiary/aromatic N) is 1. The first kappa shape index (κ1) is 21.5. The summed E-state index contributed by atoms with van der Waals surface area (Å²) in [5.41, 5.74) is 5.83. The highest BCUT2D eigenvalue weighted by atomic mass is 35.5. The lowest BCUT2D eigenvalue weighted by Gasteiger charge is -2.25. The van der Waals surface area contributed by atoms with E-state index in [4.69, 9.17) is 22.1 Å². The highest BCUT2D eigenvalue weighted by Gasteiger charge is 2.35. The van der Waals surface area contributed by atoms with Gasteiger partial charge in [0.05, 0.1) is 12.7 Å². The fourth-order valence-electron chi connectivity index (χ4n) is 2.88. The number of hydrogen-bond acceptors (Lipinski definition) is 4. The number of hydrogen-bond donors (Lipinski definition) is 2. The van der Waals surface area contributed by atoms with Crippen LogP contribution in [0.15, 0.2) is 18.2 Å². The molecule has 0 spiro atoms. The second-order valence-electron chi connectivity index (χ2n) is 5.79. The molecule has 6 nitrogen and oxygen atoms in total. The Labute approximate surface area is 159 Å². The maximum Gasteiger partial charge on any atom is 0.258 e. The summed E-state index contributed by atoms with van der Waals surface area (Å²) in [5, 5.41) is 3.35. The molecule has 1 aromatic rings. The largest absolute Gasteiger partial charge is 0.496 e. The molecule has 1 aliphatic heterocycles. The molecule has 0 saturated carbocycles. The second-order valence-corrected chi connectivity index (χ2v) is 6.22. The molecule has 1 unspecified atom stereocenters. The van der Waals surface area contributed by atoms with E-state index in [2.05, 4.69) is 5.32 Å². The number of halogens is 2. The summed E-state index contributed by atoms with van der Waals surface area (Å²) in [5.74, 6) is 0.117. The molecule has 1 fully saturated rings. The quantitative estimate of drug-likeness (QED) is 0.700. The van der Waals surface area contributed by atoms with E-state index in [0.717, 1.165) is 19.3 Å². The van der Waals surface area contributed by atoms with Gasteiger partial charge in [0.2, 0.25) is 5.91 Å². The van der Waals surface area contributed by atoms with Crippen molar-refractivity contribution < 1.29 is 14.3 Å². The van der Waals surface area contributed by atoms with Crippen LogP contribution < -0.4 is 15.8 Å². The third-order valence-electron chi connectivity index (χ3n) is 4.14. The number of methoxy groups -OCH3 is 1. The molecule has 3 N–H and O–H groups in total. The Balaban J connectivity index is 0.00000312. The normalized spacial score (nSPS) is 16.3. The SMILES string of the molecule is COc1ccc(Cl)cc1C(=O)N1CCCC1C(=O)NCCCCN.Cl. The number of amides is 2. The number of carbonyl (C=O) groups excluding carboxylic acids is 2. The zero-order valence-corrected chi connectivity index (χ0v) is 15.9. The summed E-state index contributed by atoms with van der Waals surface area (Å²) in [6.45, 7) is 1.74. The molecule has 0 radical (unpaired) electrons. The number of likely N-dealkylation sites (tertiary alicyclic amines) is 1. The van der Waals surface area contributed by atoms with Gasteiger partial charge in [-0.3, -0.25) is 9.59 Å². The van der Waals surface area contributed by atoms with Crippen LogP contribution in [0.4, 0.5) is 0 Å². The van der Waals surface area contributed by atoms with Crippen LogP contribution in [0.3, 0.4) is 0 Å². The van der Waals surface area contributed by atoms with E-state index in [-0.39, 0.29) is 24.2 Å². The Bertz CT molecular complexity index is 599. The van der Waals surface area contributed by atoms with Crippen molar-refractivity contribution in [2.75, 3.05) is 26.7 Å². The van der Waals surface area contributed by atoms with Crippen molar-refractivity contribution in [1.82, 2.24) is 10.2 Å². The van der Waals surface area contributed by atoms with Gasteiger partial charge in [0, 0.05) is 18.1 Å². The van der Waals surface area contributed by atoms with E-state index in [9.17, 15) is 9.59 Å². The first-order chi connectivity index (χ1) is 11.6. The van der Waals surface area contributed by atoms with Crippen LogP contribution in [-0.2, 0) is 4.79 Å². The number of nitrogens with one attached hydrogen (secondary N) is 1. The fourth-order valence-corrected chi connectivity index (χ4v) is 3.06. The van der Waals surface area contributed by atoms with Crippen molar-refractivity contribution in [2.24, 2.45) is 5.73 Å². The van der Waals surface area contributed by atoms with Gasteiger partial charge >= 0.3 is 0 Å². The summed E-state index contributed by atoms with van der Waals surface area (Å²) in [4.78, 5) is 26.8. The van der Waals surface area contributed by atoms with Crippen molar-refractivity contribution in [3.8, 4) is 5.75 Å². The molecule has 0 bridgehead atoms. The first-order valence-electron chi connectivity index (χ1n) is 8.20. The number of carbonyl (C=O) groups is 2. The molecule has 0 aromatic heterocycles. The number of nitrogens with two attached hydrogens (primary N) is 1. The van der Waals surface area contributed by atoms with E-state index in [1.165, 1.54) is 7.11 Å². The molecule has 1 atom stereocenters. The van der Waals surface area contributed by atoms with Crippen molar-refractivity contribution >= 4 is 35.8 Å². The third kappa shape index (κ3) is 5.49.